The largest absolute Gasteiger partial charge is 0.381 e. The number of ether oxygens (including phenoxy) is 1. The minimum absolute atomic E-state index is 0.382. The summed E-state index contributed by atoms with van der Waals surface area (Å²) in [6.07, 6.45) is 3.54. The highest BCUT2D eigenvalue weighted by Gasteiger charge is 2.37. The Morgan fingerprint density at radius 1 is 1.38 bits per heavy atom. The Bertz CT molecular complexity index is 154. The van der Waals surface area contributed by atoms with E-state index in [4.69, 9.17) is 10.5 Å². The van der Waals surface area contributed by atoms with Gasteiger partial charge in [-0.1, -0.05) is 20.8 Å². The monoisotopic (exact) mass is 185 g/mol. The molecule has 0 aromatic carbocycles. The lowest BCUT2D eigenvalue weighted by Crippen LogP contribution is -2.29. The first-order chi connectivity index (χ1) is 5.97. The van der Waals surface area contributed by atoms with Crippen LogP contribution in [0.4, 0.5) is 0 Å². The highest BCUT2D eigenvalue weighted by Crippen LogP contribution is 2.42. The zero-order valence-electron chi connectivity index (χ0n) is 9.23. The predicted molar refractivity (Wildman–Crippen MR) is 55.6 cm³/mol. The van der Waals surface area contributed by atoms with Crippen LogP contribution in [0.25, 0.3) is 0 Å². The molecule has 1 saturated heterocycles. The van der Waals surface area contributed by atoms with Gasteiger partial charge < -0.3 is 10.5 Å². The molecule has 0 aromatic rings. The zero-order valence-corrected chi connectivity index (χ0v) is 9.23. The van der Waals surface area contributed by atoms with Gasteiger partial charge >= 0.3 is 0 Å². The Morgan fingerprint density at radius 3 is 2.46 bits per heavy atom. The number of nitrogens with two attached hydrogens (primary N) is 1. The second-order valence-electron chi connectivity index (χ2n) is 5.58. The van der Waals surface area contributed by atoms with Gasteiger partial charge in [0.15, 0.2) is 0 Å². The van der Waals surface area contributed by atoms with E-state index in [1.54, 1.807) is 0 Å². The quantitative estimate of drug-likeness (QED) is 0.731. The maximum Gasteiger partial charge on any atom is 0.0523 e. The molecule has 1 aliphatic heterocycles. The van der Waals surface area contributed by atoms with Crippen LogP contribution in [0.15, 0.2) is 0 Å². The van der Waals surface area contributed by atoms with Crippen molar-refractivity contribution < 1.29 is 4.74 Å². The molecule has 1 rings (SSSR count). The van der Waals surface area contributed by atoms with Crippen molar-refractivity contribution in [1.82, 2.24) is 0 Å². The Balaban J connectivity index is 2.56. The summed E-state index contributed by atoms with van der Waals surface area (Å²) in [4.78, 5) is 0. The van der Waals surface area contributed by atoms with Crippen LogP contribution in [0, 0.1) is 10.8 Å². The van der Waals surface area contributed by atoms with E-state index >= 15 is 0 Å². The number of hydrogen-bond acceptors (Lipinski definition) is 2. The van der Waals surface area contributed by atoms with Crippen LogP contribution in [0.5, 0.6) is 0 Å². The van der Waals surface area contributed by atoms with Gasteiger partial charge in [0.2, 0.25) is 0 Å². The van der Waals surface area contributed by atoms with Crippen molar-refractivity contribution in [3.05, 3.63) is 0 Å². The van der Waals surface area contributed by atoms with Gasteiger partial charge in [0.1, 0.15) is 0 Å². The summed E-state index contributed by atoms with van der Waals surface area (Å²) in [6.45, 7) is 9.52. The van der Waals surface area contributed by atoms with E-state index < -0.39 is 0 Å². The van der Waals surface area contributed by atoms with Crippen molar-refractivity contribution in [3.63, 3.8) is 0 Å². The Morgan fingerprint density at radius 2 is 2.08 bits per heavy atom. The van der Waals surface area contributed by atoms with Crippen molar-refractivity contribution in [2.75, 3.05) is 19.8 Å². The van der Waals surface area contributed by atoms with E-state index in [-0.39, 0.29) is 0 Å². The SMILES string of the molecule is CC(C)(C)CC1(CCN)CCOC1. The molecular formula is C11H23NO. The normalized spacial score (nSPS) is 29.5. The summed E-state index contributed by atoms with van der Waals surface area (Å²) in [5, 5.41) is 0. The average Bonchev–Trinajstić information content (AvgIpc) is 2.33. The topological polar surface area (TPSA) is 35.2 Å². The molecule has 1 aliphatic rings. The fourth-order valence-electron chi connectivity index (χ4n) is 2.51. The predicted octanol–water partition coefficient (Wildman–Crippen LogP) is 2.18. The van der Waals surface area contributed by atoms with E-state index in [1.165, 1.54) is 12.8 Å². The molecule has 0 aliphatic carbocycles. The average molecular weight is 185 g/mol. The van der Waals surface area contributed by atoms with Crippen LogP contribution in [0.3, 0.4) is 0 Å². The summed E-state index contributed by atoms with van der Waals surface area (Å²) >= 11 is 0. The van der Waals surface area contributed by atoms with Gasteiger partial charge in [0, 0.05) is 6.61 Å². The molecule has 0 radical (unpaired) electrons. The molecule has 2 nitrogen and oxygen atoms in total. The molecule has 2 heteroatoms. The summed E-state index contributed by atoms with van der Waals surface area (Å²) in [5.41, 5.74) is 6.43. The van der Waals surface area contributed by atoms with Crippen molar-refractivity contribution in [1.29, 1.82) is 0 Å². The Kier molecular flexibility index (Phi) is 3.36. The molecule has 1 heterocycles. The molecule has 0 aromatic heterocycles. The molecular weight excluding hydrogens is 162 g/mol. The Labute approximate surface area is 81.8 Å². The van der Waals surface area contributed by atoms with E-state index in [9.17, 15) is 0 Å². The Hall–Kier alpha value is -0.0800. The number of rotatable bonds is 3. The lowest BCUT2D eigenvalue weighted by molar-refractivity contribution is 0.111. The van der Waals surface area contributed by atoms with Crippen LogP contribution >= 0.6 is 0 Å². The van der Waals surface area contributed by atoms with Gasteiger partial charge in [0.25, 0.3) is 0 Å². The second kappa shape index (κ2) is 3.97. The first-order valence-corrected chi connectivity index (χ1v) is 5.25. The van der Waals surface area contributed by atoms with E-state index in [0.29, 0.717) is 10.8 Å². The fraction of sp³-hybridized carbons (Fsp3) is 1.00. The summed E-state index contributed by atoms with van der Waals surface area (Å²) in [6, 6.07) is 0. The van der Waals surface area contributed by atoms with Crippen molar-refractivity contribution in [2.24, 2.45) is 16.6 Å². The summed E-state index contributed by atoms with van der Waals surface area (Å²) < 4.78 is 5.50. The fourth-order valence-corrected chi connectivity index (χ4v) is 2.51. The third-order valence-corrected chi connectivity index (χ3v) is 2.76. The highest BCUT2D eigenvalue weighted by molar-refractivity contribution is 4.87. The molecule has 0 saturated carbocycles. The van der Waals surface area contributed by atoms with Crippen molar-refractivity contribution >= 4 is 0 Å². The minimum atomic E-state index is 0.382. The highest BCUT2D eigenvalue weighted by atomic mass is 16.5. The van der Waals surface area contributed by atoms with Crippen LogP contribution in [0.1, 0.15) is 40.0 Å². The molecule has 1 atom stereocenters. The minimum Gasteiger partial charge on any atom is -0.381 e. The van der Waals surface area contributed by atoms with E-state index in [2.05, 4.69) is 20.8 Å². The molecule has 1 unspecified atom stereocenters. The first-order valence-electron chi connectivity index (χ1n) is 5.25. The molecule has 13 heavy (non-hydrogen) atoms. The molecule has 0 bridgehead atoms. The van der Waals surface area contributed by atoms with Crippen LogP contribution < -0.4 is 5.73 Å². The molecule has 0 spiro atoms. The third-order valence-electron chi connectivity index (χ3n) is 2.76. The van der Waals surface area contributed by atoms with Gasteiger partial charge in [-0.3, -0.25) is 0 Å². The van der Waals surface area contributed by atoms with Gasteiger partial charge in [-0.2, -0.15) is 0 Å². The van der Waals surface area contributed by atoms with Gasteiger partial charge in [-0.25, -0.2) is 0 Å². The second-order valence-corrected chi connectivity index (χ2v) is 5.58. The molecule has 2 N–H and O–H groups in total. The molecule has 78 valence electrons. The zero-order chi connectivity index (χ0) is 9.95. The smallest absolute Gasteiger partial charge is 0.0523 e. The van der Waals surface area contributed by atoms with Crippen LogP contribution in [-0.4, -0.2) is 19.8 Å². The van der Waals surface area contributed by atoms with E-state index in [1.807, 2.05) is 0 Å². The van der Waals surface area contributed by atoms with Crippen LogP contribution in [-0.2, 0) is 4.74 Å². The summed E-state index contributed by atoms with van der Waals surface area (Å²) in [7, 11) is 0. The number of hydrogen-bond donors (Lipinski definition) is 1. The lowest BCUT2D eigenvalue weighted by Gasteiger charge is -2.34. The lowest BCUT2D eigenvalue weighted by atomic mass is 9.71. The third kappa shape index (κ3) is 3.28. The van der Waals surface area contributed by atoms with Gasteiger partial charge in [-0.05, 0) is 36.6 Å². The van der Waals surface area contributed by atoms with Crippen LogP contribution in [0.2, 0.25) is 0 Å². The maximum atomic E-state index is 5.66. The standard InChI is InChI=1S/C11H23NO/c1-10(2,3)8-11(4-6-12)5-7-13-9-11/h4-9,12H2,1-3H3. The summed E-state index contributed by atoms with van der Waals surface area (Å²) in [5.74, 6) is 0. The van der Waals surface area contributed by atoms with Gasteiger partial charge in [-0.15, -0.1) is 0 Å². The molecule has 0 amide bonds. The van der Waals surface area contributed by atoms with Crippen molar-refractivity contribution in [3.8, 4) is 0 Å². The van der Waals surface area contributed by atoms with E-state index in [0.717, 1.165) is 26.2 Å². The maximum absolute atomic E-state index is 5.66. The molecule has 1 fully saturated rings. The van der Waals surface area contributed by atoms with Gasteiger partial charge in [0.05, 0.1) is 6.61 Å². The first kappa shape index (κ1) is 11.0. The van der Waals surface area contributed by atoms with Crippen molar-refractivity contribution in [2.45, 2.75) is 40.0 Å².